The van der Waals surface area contributed by atoms with Gasteiger partial charge >= 0.3 is 11.9 Å². The number of aliphatic carboxylic acids is 1. The van der Waals surface area contributed by atoms with Crippen LogP contribution in [0.3, 0.4) is 0 Å². The quantitative estimate of drug-likeness (QED) is 0.506. The smallest absolute Gasteiger partial charge is 0.305 e. The Kier molecular flexibility index (Phi) is 17.1. The molecule has 4 heteroatoms. The summed E-state index contributed by atoms with van der Waals surface area (Å²) in [4.78, 5) is 20.5. The maximum absolute atomic E-state index is 10.9. The number of hydrogen-bond donors (Lipinski definition) is 1. The summed E-state index contributed by atoms with van der Waals surface area (Å²) < 4.78 is 4.99. The SMILES string of the molecule is CCCC(=O)O.CCCCCCOC(=O)CCC. The molecule has 0 amide bonds. The zero-order chi connectivity index (χ0) is 14.2. The first-order valence-electron chi connectivity index (χ1n) is 6.95. The zero-order valence-corrected chi connectivity index (χ0v) is 12.0. The predicted octanol–water partition coefficient (Wildman–Crippen LogP) is 3.78. The molecule has 0 rings (SSSR count). The molecule has 0 heterocycles. The Balaban J connectivity index is 0. The Morgan fingerprint density at radius 1 is 0.889 bits per heavy atom. The largest absolute Gasteiger partial charge is 0.481 e. The summed E-state index contributed by atoms with van der Waals surface area (Å²) in [6, 6.07) is 0. The number of carboxylic acids is 1. The van der Waals surface area contributed by atoms with Gasteiger partial charge in [0.05, 0.1) is 6.61 Å². The van der Waals surface area contributed by atoms with Gasteiger partial charge in [-0.3, -0.25) is 9.59 Å². The summed E-state index contributed by atoms with van der Waals surface area (Å²) in [5.74, 6) is -0.758. The number of carbonyl (C=O) groups is 2. The van der Waals surface area contributed by atoms with E-state index in [0.717, 1.165) is 19.3 Å². The van der Waals surface area contributed by atoms with E-state index in [1.807, 2.05) is 13.8 Å². The number of rotatable bonds is 9. The second-order valence-electron chi connectivity index (χ2n) is 4.17. The Labute approximate surface area is 111 Å². The van der Waals surface area contributed by atoms with Crippen LogP contribution in [0.1, 0.15) is 72.1 Å². The highest BCUT2D eigenvalue weighted by atomic mass is 16.5. The lowest BCUT2D eigenvalue weighted by molar-refractivity contribution is -0.143. The summed E-state index contributed by atoms with van der Waals surface area (Å²) in [5, 5.41) is 7.91. The first kappa shape index (κ1) is 19.3. The lowest BCUT2D eigenvalue weighted by atomic mass is 10.2. The molecule has 0 aromatic heterocycles. The van der Waals surface area contributed by atoms with Gasteiger partial charge in [0.1, 0.15) is 0 Å². The third kappa shape index (κ3) is 20.4. The summed E-state index contributed by atoms with van der Waals surface area (Å²) >= 11 is 0. The summed E-state index contributed by atoms with van der Waals surface area (Å²) in [5.41, 5.74) is 0. The average molecular weight is 260 g/mol. The van der Waals surface area contributed by atoms with Crippen molar-refractivity contribution in [1.29, 1.82) is 0 Å². The fourth-order valence-corrected chi connectivity index (χ4v) is 1.21. The number of esters is 1. The lowest BCUT2D eigenvalue weighted by Crippen LogP contribution is -2.04. The van der Waals surface area contributed by atoms with E-state index >= 15 is 0 Å². The van der Waals surface area contributed by atoms with Crippen molar-refractivity contribution in [3.05, 3.63) is 0 Å². The number of hydrogen-bond acceptors (Lipinski definition) is 3. The summed E-state index contributed by atoms with van der Waals surface area (Å²) in [6.07, 6.45) is 7.13. The molecule has 0 fully saturated rings. The Hall–Kier alpha value is -1.06. The number of carbonyl (C=O) groups excluding carboxylic acids is 1. The molecule has 0 atom stereocenters. The van der Waals surface area contributed by atoms with E-state index in [9.17, 15) is 9.59 Å². The zero-order valence-electron chi connectivity index (χ0n) is 12.0. The number of unbranched alkanes of at least 4 members (excludes halogenated alkanes) is 3. The van der Waals surface area contributed by atoms with E-state index in [-0.39, 0.29) is 5.97 Å². The van der Waals surface area contributed by atoms with Crippen LogP contribution in [0.15, 0.2) is 0 Å². The maximum Gasteiger partial charge on any atom is 0.305 e. The molecule has 0 aliphatic heterocycles. The minimum atomic E-state index is -0.711. The molecule has 0 saturated heterocycles. The minimum absolute atomic E-state index is 0.0472. The van der Waals surface area contributed by atoms with E-state index in [1.54, 1.807) is 0 Å². The van der Waals surface area contributed by atoms with Gasteiger partial charge in [-0.25, -0.2) is 0 Å². The van der Waals surface area contributed by atoms with Crippen LogP contribution in [0.5, 0.6) is 0 Å². The van der Waals surface area contributed by atoms with Crippen LogP contribution in [0, 0.1) is 0 Å². The van der Waals surface area contributed by atoms with Gasteiger partial charge in [-0.05, 0) is 19.3 Å². The molecule has 0 spiro atoms. The van der Waals surface area contributed by atoms with Crippen LogP contribution in [-0.4, -0.2) is 23.7 Å². The van der Waals surface area contributed by atoms with Gasteiger partial charge in [-0.15, -0.1) is 0 Å². The highest BCUT2D eigenvalue weighted by Gasteiger charge is 1.98. The van der Waals surface area contributed by atoms with Crippen LogP contribution in [-0.2, 0) is 14.3 Å². The molecule has 0 bridgehead atoms. The Morgan fingerprint density at radius 2 is 1.50 bits per heavy atom. The van der Waals surface area contributed by atoms with Crippen LogP contribution in [0.4, 0.5) is 0 Å². The normalized spacial score (nSPS) is 9.28. The molecule has 0 aromatic carbocycles. The van der Waals surface area contributed by atoms with E-state index in [1.165, 1.54) is 19.3 Å². The minimum Gasteiger partial charge on any atom is -0.481 e. The van der Waals surface area contributed by atoms with Gasteiger partial charge < -0.3 is 9.84 Å². The lowest BCUT2D eigenvalue weighted by Gasteiger charge is -2.02. The second kappa shape index (κ2) is 15.9. The molecule has 0 aliphatic carbocycles. The van der Waals surface area contributed by atoms with Gasteiger partial charge in [0.15, 0.2) is 0 Å². The van der Waals surface area contributed by atoms with Crippen molar-refractivity contribution in [2.75, 3.05) is 6.61 Å². The van der Waals surface area contributed by atoms with Crippen LogP contribution >= 0.6 is 0 Å². The van der Waals surface area contributed by atoms with Gasteiger partial charge in [0, 0.05) is 12.8 Å². The van der Waals surface area contributed by atoms with Crippen molar-refractivity contribution in [2.24, 2.45) is 0 Å². The third-order valence-corrected chi connectivity index (χ3v) is 2.18. The van der Waals surface area contributed by atoms with Crippen LogP contribution < -0.4 is 0 Å². The van der Waals surface area contributed by atoms with Crippen molar-refractivity contribution in [1.82, 2.24) is 0 Å². The summed E-state index contributed by atoms with van der Waals surface area (Å²) in [6.45, 7) is 6.61. The molecule has 0 aliphatic rings. The first-order valence-corrected chi connectivity index (χ1v) is 6.95. The first-order chi connectivity index (χ1) is 8.58. The highest BCUT2D eigenvalue weighted by molar-refractivity contribution is 5.69. The fourth-order valence-electron chi connectivity index (χ4n) is 1.21. The van der Waals surface area contributed by atoms with Crippen molar-refractivity contribution in [2.45, 2.75) is 72.1 Å². The second-order valence-corrected chi connectivity index (χ2v) is 4.17. The topological polar surface area (TPSA) is 63.6 Å². The molecule has 0 radical (unpaired) electrons. The molecular formula is C14H28O4. The van der Waals surface area contributed by atoms with Crippen molar-refractivity contribution >= 4 is 11.9 Å². The monoisotopic (exact) mass is 260 g/mol. The van der Waals surface area contributed by atoms with Crippen molar-refractivity contribution in [3.8, 4) is 0 Å². The average Bonchev–Trinajstić information content (AvgIpc) is 2.30. The molecule has 0 aromatic rings. The fraction of sp³-hybridized carbons (Fsp3) is 0.857. The van der Waals surface area contributed by atoms with Gasteiger partial charge in [0.2, 0.25) is 0 Å². The van der Waals surface area contributed by atoms with Crippen LogP contribution in [0.25, 0.3) is 0 Å². The molecule has 1 N–H and O–H groups in total. The molecule has 0 unspecified atom stereocenters. The van der Waals surface area contributed by atoms with E-state index in [2.05, 4.69) is 6.92 Å². The Bertz CT molecular complexity index is 202. The third-order valence-electron chi connectivity index (χ3n) is 2.18. The van der Waals surface area contributed by atoms with Gasteiger partial charge in [-0.1, -0.05) is 40.0 Å². The highest BCUT2D eigenvalue weighted by Crippen LogP contribution is 2.00. The molecule has 4 nitrogen and oxygen atoms in total. The number of ether oxygens (including phenoxy) is 1. The molecule has 18 heavy (non-hydrogen) atoms. The molecule has 0 saturated carbocycles. The molecule has 108 valence electrons. The molecular weight excluding hydrogens is 232 g/mol. The van der Waals surface area contributed by atoms with Gasteiger partial charge in [0.25, 0.3) is 0 Å². The maximum atomic E-state index is 10.9. The summed E-state index contributed by atoms with van der Waals surface area (Å²) in [7, 11) is 0. The van der Waals surface area contributed by atoms with Crippen LogP contribution in [0.2, 0.25) is 0 Å². The number of carboxylic acid groups (broad SMARTS) is 1. The van der Waals surface area contributed by atoms with Crippen molar-refractivity contribution < 1.29 is 19.4 Å². The standard InChI is InChI=1S/C10H20O2.C4H8O2/c1-3-5-6-7-9-12-10(11)8-4-2;1-2-3-4(5)6/h3-9H2,1-2H3;2-3H2,1H3,(H,5,6). The van der Waals surface area contributed by atoms with Gasteiger partial charge in [-0.2, -0.15) is 0 Å². The van der Waals surface area contributed by atoms with E-state index < -0.39 is 5.97 Å². The predicted molar refractivity (Wildman–Crippen MR) is 72.6 cm³/mol. The Morgan fingerprint density at radius 3 is 1.89 bits per heavy atom. The van der Waals surface area contributed by atoms with E-state index in [4.69, 9.17) is 9.84 Å². The van der Waals surface area contributed by atoms with Crippen molar-refractivity contribution in [3.63, 3.8) is 0 Å². The van der Waals surface area contributed by atoms with E-state index in [0.29, 0.717) is 19.4 Å².